The molecule has 1 saturated carbocycles. The maximum atomic E-state index is 12.7. The van der Waals surface area contributed by atoms with E-state index in [1.54, 1.807) is 24.3 Å². The van der Waals surface area contributed by atoms with Gasteiger partial charge in [-0.3, -0.25) is 9.59 Å². The van der Waals surface area contributed by atoms with Gasteiger partial charge in [-0.15, -0.1) is 23.2 Å². The molecule has 0 aromatic heterocycles. The van der Waals surface area contributed by atoms with Crippen LogP contribution in [0.4, 0.5) is 5.69 Å². The summed E-state index contributed by atoms with van der Waals surface area (Å²) in [7, 11) is 0. The molecule has 2 unspecified atom stereocenters. The highest BCUT2D eigenvalue weighted by Gasteiger charge is 2.67. The van der Waals surface area contributed by atoms with Crippen molar-refractivity contribution in [1.29, 1.82) is 0 Å². The third kappa shape index (κ3) is 4.24. The molecule has 2 N–H and O–H groups in total. The number of hydrazone groups is 1. The average Bonchev–Trinajstić information content (AvgIpc) is 3.18. The Balaban J connectivity index is 1.81. The third-order valence-electron chi connectivity index (χ3n) is 4.24. The van der Waals surface area contributed by atoms with E-state index in [0.29, 0.717) is 21.3 Å². The molecule has 1 aliphatic rings. The van der Waals surface area contributed by atoms with Gasteiger partial charge < -0.3 is 5.32 Å². The maximum absolute atomic E-state index is 12.7. The Labute approximate surface area is 185 Å². The number of nitrogens with one attached hydrogen (secondary N) is 2. The number of alkyl halides is 2. The molecule has 3 rings (SSSR count). The molecule has 2 atom stereocenters. The van der Waals surface area contributed by atoms with E-state index in [9.17, 15) is 9.59 Å². The number of anilines is 1. The molecule has 0 bridgehead atoms. The summed E-state index contributed by atoms with van der Waals surface area (Å²) in [5, 5.41) is 7.03. The number of halogens is 5. The standard InChI is InChI=1S/C18H12Cl5N3O2/c1-24-26-16(27)12-7-11(2-3-13(12)21)25-17(28)15-14(18(15,22)23)8-4-9(19)6-10(20)5-8/h2-7,14-15H,1H2,(H,25,28)(H,26,27). The highest BCUT2D eigenvalue weighted by Crippen LogP contribution is 2.65. The van der Waals surface area contributed by atoms with Crippen molar-refractivity contribution in [3.63, 3.8) is 0 Å². The molecule has 10 heteroatoms. The number of carbonyl (C=O) groups excluding carboxylic acids is 2. The van der Waals surface area contributed by atoms with Crippen LogP contribution in [0.5, 0.6) is 0 Å². The minimum atomic E-state index is -1.31. The maximum Gasteiger partial charge on any atom is 0.272 e. The van der Waals surface area contributed by atoms with Gasteiger partial charge in [-0.05, 0) is 42.0 Å². The molecular formula is C18H12Cl5N3O2. The van der Waals surface area contributed by atoms with Crippen LogP contribution in [0.3, 0.4) is 0 Å². The number of benzene rings is 2. The smallest absolute Gasteiger partial charge is 0.272 e. The third-order valence-corrected chi connectivity index (χ3v) is 5.95. The lowest BCUT2D eigenvalue weighted by Gasteiger charge is -2.08. The van der Waals surface area contributed by atoms with Gasteiger partial charge in [0, 0.05) is 28.4 Å². The van der Waals surface area contributed by atoms with Gasteiger partial charge in [0.05, 0.1) is 16.5 Å². The second-order valence-electron chi connectivity index (χ2n) is 6.12. The molecule has 0 heterocycles. The van der Waals surface area contributed by atoms with E-state index in [-0.39, 0.29) is 10.6 Å². The zero-order chi connectivity index (χ0) is 20.6. The zero-order valence-corrected chi connectivity index (χ0v) is 17.8. The van der Waals surface area contributed by atoms with Crippen LogP contribution in [-0.4, -0.2) is 22.9 Å². The number of carbonyl (C=O) groups is 2. The summed E-state index contributed by atoms with van der Waals surface area (Å²) in [6.07, 6.45) is 0. The Morgan fingerprint density at radius 1 is 1.04 bits per heavy atom. The summed E-state index contributed by atoms with van der Waals surface area (Å²) in [6, 6.07) is 9.35. The van der Waals surface area contributed by atoms with Crippen molar-refractivity contribution in [2.75, 3.05) is 5.32 Å². The first-order chi connectivity index (χ1) is 13.1. The highest BCUT2D eigenvalue weighted by molar-refractivity contribution is 6.53. The molecule has 0 saturated heterocycles. The summed E-state index contributed by atoms with van der Waals surface area (Å²) in [5.41, 5.74) is 3.32. The molecule has 0 radical (unpaired) electrons. The first kappa shape index (κ1) is 21.2. The van der Waals surface area contributed by atoms with Gasteiger partial charge in [-0.1, -0.05) is 34.8 Å². The lowest BCUT2D eigenvalue weighted by atomic mass is 10.1. The molecule has 1 fully saturated rings. The van der Waals surface area contributed by atoms with Gasteiger partial charge in [-0.25, -0.2) is 5.43 Å². The Hall–Kier alpha value is -1.50. The Morgan fingerprint density at radius 3 is 2.29 bits per heavy atom. The van der Waals surface area contributed by atoms with E-state index in [1.165, 1.54) is 12.1 Å². The predicted molar refractivity (Wildman–Crippen MR) is 114 cm³/mol. The van der Waals surface area contributed by atoms with Crippen molar-refractivity contribution in [2.24, 2.45) is 11.0 Å². The summed E-state index contributed by atoms with van der Waals surface area (Å²) in [4.78, 5) is 24.7. The van der Waals surface area contributed by atoms with Crippen molar-refractivity contribution in [3.8, 4) is 0 Å². The minimum absolute atomic E-state index is 0.129. The van der Waals surface area contributed by atoms with Crippen LogP contribution in [0.15, 0.2) is 41.5 Å². The first-order valence-corrected chi connectivity index (χ1v) is 9.74. The second-order valence-corrected chi connectivity index (χ2v) is 8.84. The summed E-state index contributed by atoms with van der Waals surface area (Å²) < 4.78 is -1.31. The number of hydrogen-bond donors (Lipinski definition) is 2. The molecular weight excluding hydrogens is 467 g/mol. The van der Waals surface area contributed by atoms with Gasteiger partial charge in [0.1, 0.15) is 4.33 Å². The van der Waals surface area contributed by atoms with E-state index < -0.39 is 28.0 Å². The normalized spacial score (nSPS) is 19.6. The van der Waals surface area contributed by atoms with E-state index in [0.717, 1.165) is 0 Å². The van der Waals surface area contributed by atoms with E-state index in [2.05, 4.69) is 22.6 Å². The largest absolute Gasteiger partial charge is 0.326 e. The van der Waals surface area contributed by atoms with Crippen molar-refractivity contribution in [2.45, 2.75) is 10.3 Å². The van der Waals surface area contributed by atoms with E-state index in [4.69, 9.17) is 58.0 Å². The Bertz CT molecular complexity index is 959. The first-order valence-electron chi connectivity index (χ1n) is 7.85. The van der Waals surface area contributed by atoms with Crippen LogP contribution in [0.1, 0.15) is 21.8 Å². The van der Waals surface area contributed by atoms with E-state index >= 15 is 0 Å². The number of hydrogen-bond acceptors (Lipinski definition) is 3. The van der Waals surface area contributed by atoms with Gasteiger partial charge in [0.15, 0.2) is 0 Å². The van der Waals surface area contributed by atoms with Crippen molar-refractivity contribution >= 4 is 82.2 Å². The Kier molecular flexibility index (Phi) is 6.13. The minimum Gasteiger partial charge on any atom is -0.326 e. The highest BCUT2D eigenvalue weighted by atomic mass is 35.5. The molecule has 0 aliphatic heterocycles. The fraction of sp³-hybridized carbons (Fsp3) is 0.167. The summed E-state index contributed by atoms with van der Waals surface area (Å²) >= 11 is 30.7. The second kappa shape index (κ2) is 8.09. The van der Waals surface area contributed by atoms with E-state index in [1.807, 2.05) is 0 Å². The molecule has 2 aromatic rings. The van der Waals surface area contributed by atoms with Crippen LogP contribution >= 0.6 is 58.0 Å². The molecule has 0 spiro atoms. The SMILES string of the molecule is C=NNC(=O)c1cc(NC(=O)C2C(c3cc(Cl)cc(Cl)c3)C2(Cl)Cl)ccc1Cl. The fourth-order valence-corrected chi connectivity index (χ4v) is 4.53. The van der Waals surface area contributed by atoms with Crippen molar-refractivity contribution < 1.29 is 9.59 Å². The average molecular weight is 480 g/mol. The lowest BCUT2D eigenvalue weighted by Crippen LogP contribution is -2.19. The monoisotopic (exact) mass is 477 g/mol. The van der Waals surface area contributed by atoms with Crippen molar-refractivity contribution in [3.05, 3.63) is 62.6 Å². The molecule has 2 aromatic carbocycles. The quantitative estimate of drug-likeness (QED) is 0.337. The topological polar surface area (TPSA) is 70.6 Å². The van der Waals surface area contributed by atoms with Gasteiger partial charge in [0.2, 0.25) is 5.91 Å². The summed E-state index contributed by atoms with van der Waals surface area (Å²) in [6.45, 7) is 3.18. The molecule has 28 heavy (non-hydrogen) atoms. The van der Waals surface area contributed by atoms with Gasteiger partial charge in [-0.2, -0.15) is 5.10 Å². The number of rotatable bonds is 5. The van der Waals surface area contributed by atoms with Crippen LogP contribution in [0.2, 0.25) is 15.1 Å². The Morgan fingerprint density at radius 2 is 1.68 bits per heavy atom. The fourth-order valence-electron chi connectivity index (χ4n) is 2.95. The lowest BCUT2D eigenvalue weighted by molar-refractivity contribution is -0.117. The molecule has 1 aliphatic carbocycles. The number of nitrogens with zero attached hydrogens (tertiary/aromatic N) is 1. The van der Waals surface area contributed by atoms with Gasteiger partial charge in [0.25, 0.3) is 5.91 Å². The van der Waals surface area contributed by atoms with Crippen LogP contribution < -0.4 is 10.7 Å². The van der Waals surface area contributed by atoms with Crippen LogP contribution in [0.25, 0.3) is 0 Å². The summed E-state index contributed by atoms with van der Waals surface area (Å²) in [5.74, 6) is -2.18. The van der Waals surface area contributed by atoms with Crippen LogP contribution in [-0.2, 0) is 4.79 Å². The number of amides is 2. The molecule has 5 nitrogen and oxygen atoms in total. The predicted octanol–water partition coefficient (Wildman–Crippen LogP) is 5.52. The molecule has 2 amide bonds. The zero-order valence-electron chi connectivity index (χ0n) is 14.0. The molecule has 146 valence electrons. The van der Waals surface area contributed by atoms with Gasteiger partial charge >= 0.3 is 0 Å². The van der Waals surface area contributed by atoms with Crippen molar-refractivity contribution in [1.82, 2.24) is 5.43 Å². The van der Waals surface area contributed by atoms with Crippen LogP contribution in [0, 0.1) is 5.92 Å².